The Labute approximate surface area is 79.2 Å². The van der Waals surface area contributed by atoms with Crippen LogP contribution in [0.25, 0.3) is 0 Å². The summed E-state index contributed by atoms with van der Waals surface area (Å²) in [7, 11) is -4.52. The van der Waals surface area contributed by atoms with Crippen molar-refractivity contribution in [2.45, 2.75) is 39.2 Å². The SMILES string of the molecule is CC1CC(C)CC(OS(=O)(=O)[O-])C1. The summed E-state index contributed by atoms with van der Waals surface area (Å²) in [6.45, 7) is 4.09. The van der Waals surface area contributed by atoms with E-state index in [2.05, 4.69) is 4.18 Å². The predicted octanol–water partition coefficient (Wildman–Crippen LogP) is 1.29. The number of hydrogen-bond donors (Lipinski definition) is 0. The van der Waals surface area contributed by atoms with Crippen molar-refractivity contribution in [1.82, 2.24) is 0 Å². The highest BCUT2D eigenvalue weighted by atomic mass is 32.3. The Kier molecular flexibility index (Phi) is 3.32. The molecule has 0 bridgehead atoms. The fraction of sp³-hybridized carbons (Fsp3) is 1.00. The molecule has 78 valence electrons. The van der Waals surface area contributed by atoms with Gasteiger partial charge < -0.3 is 4.55 Å². The minimum Gasteiger partial charge on any atom is -0.726 e. The van der Waals surface area contributed by atoms with Crippen molar-refractivity contribution >= 4 is 10.4 Å². The van der Waals surface area contributed by atoms with Crippen molar-refractivity contribution in [2.75, 3.05) is 0 Å². The summed E-state index contributed by atoms with van der Waals surface area (Å²) >= 11 is 0. The lowest BCUT2D eigenvalue weighted by Crippen LogP contribution is -2.28. The molecule has 0 amide bonds. The summed E-state index contributed by atoms with van der Waals surface area (Å²) in [4.78, 5) is 0. The molecule has 13 heavy (non-hydrogen) atoms. The topological polar surface area (TPSA) is 66.4 Å². The molecule has 1 aliphatic carbocycles. The van der Waals surface area contributed by atoms with Gasteiger partial charge in [-0.1, -0.05) is 13.8 Å². The van der Waals surface area contributed by atoms with Crippen molar-refractivity contribution in [2.24, 2.45) is 11.8 Å². The van der Waals surface area contributed by atoms with E-state index in [4.69, 9.17) is 0 Å². The molecule has 2 atom stereocenters. The maximum Gasteiger partial charge on any atom is 0.217 e. The van der Waals surface area contributed by atoms with Crippen LogP contribution in [0.4, 0.5) is 0 Å². The summed E-state index contributed by atoms with van der Waals surface area (Å²) in [5.74, 6) is 0.881. The Balaban J connectivity index is 2.51. The smallest absolute Gasteiger partial charge is 0.217 e. The van der Waals surface area contributed by atoms with Gasteiger partial charge in [0.15, 0.2) is 0 Å². The van der Waals surface area contributed by atoms with Crippen LogP contribution >= 0.6 is 0 Å². The zero-order valence-corrected chi connectivity index (χ0v) is 8.71. The summed E-state index contributed by atoms with van der Waals surface area (Å²) in [6.07, 6.45) is 2.03. The Bertz CT molecular complexity index is 249. The van der Waals surface area contributed by atoms with Crippen molar-refractivity contribution in [3.63, 3.8) is 0 Å². The van der Waals surface area contributed by atoms with Gasteiger partial charge >= 0.3 is 0 Å². The van der Waals surface area contributed by atoms with Gasteiger partial charge in [-0.25, -0.2) is 8.42 Å². The number of rotatable bonds is 2. The fourth-order valence-electron chi connectivity index (χ4n) is 2.12. The standard InChI is InChI=1S/C8H16O4S/c1-6-3-7(2)5-8(4-6)12-13(9,10)11/h6-8H,3-5H2,1-2H3,(H,9,10,11)/p-1. The van der Waals surface area contributed by atoms with Crippen molar-refractivity contribution in [1.29, 1.82) is 0 Å². The molecule has 0 saturated heterocycles. The maximum absolute atomic E-state index is 10.3. The Morgan fingerprint density at radius 3 is 2.00 bits per heavy atom. The highest BCUT2D eigenvalue weighted by molar-refractivity contribution is 7.80. The lowest BCUT2D eigenvalue weighted by molar-refractivity contribution is 0.0929. The van der Waals surface area contributed by atoms with E-state index in [1.807, 2.05) is 13.8 Å². The van der Waals surface area contributed by atoms with Gasteiger partial charge in [0, 0.05) is 0 Å². The van der Waals surface area contributed by atoms with Gasteiger partial charge in [-0.15, -0.1) is 0 Å². The normalized spacial score (nSPS) is 36.1. The molecule has 1 fully saturated rings. The predicted molar refractivity (Wildman–Crippen MR) is 46.7 cm³/mol. The first kappa shape index (κ1) is 10.9. The van der Waals surface area contributed by atoms with E-state index in [1.54, 1.807) is 0 Å². The van der Waals surface area contributed by atoms with Crippen LogP contribution in [0, 0.1) is 11.8 Å². The fourth-order valence-corrected chi connectivity index (χ4v) is 2.61. The van der Waals surface area contributed by atoms with E-state index in [0.29, 0.717) is 24.7 Å². The molecule has 0 aromatic heterocycles. The Morgan fingerprint density at radius 2 is 1.62 bits per heavy atom. The quantitative estimate of drug-likeness (QED) is 0.505. The molecule has 0 heterocycles. The van der Waals surface area contributed by atoms with Gasteiger partial charge in [0.25, 0.3) is 0 Å². The third kappa shape index (κ3) is 4.06. The average molecular weight is 207 g/mol. The van der Waals surface area contributed by atoms with Crippen LogP contribution in [-0.2, 0) is 14.6 Å². The Morgan fingerprint density at radius 1 is 1.15 bits per heavy atom. The highest BCUT2D eigenvalue weighted by Gasteiger charge is 2.25. The first-order valence-corrected chi connectivity index (χ1v) is 5.84. The molecule has 5 heteroatoms. The molecule has 0 radical (unpaired) electrons. The van der Waals surface area contributed by atoms with E-state index in [0.717, 1.165) is 6.42 Å². The number of hydrogen-bond acceptors (Lipinski definition) is 4. The molecule has 1 saturated carbocycles. The lowest BCUT2D eigenvalue weighted by Gasteiger charge is -2.31. The summed E-state index contributed by atoms with van der Waals surface area (Å²) in [5, 5.41) is 0. The van der Waals surface area contributed by atoms with Gasteiger partial charge in [-0.2, -0.15) is 0 Å². The molecule has 0 aromatic carbocycles. The first-order chi connectivity index (χ1) is 5.87. The van der Waals surface area contributed by atoms with Gasteiger partial charge in [0.05, 0.1) is 6.10 Å². The molecule has 1 rings (SSSR count). The van der Waals surface area contributed by atoms with E-state index in [9.17, 15) is 13.0 Å². The molecule has 2 unspecified atom stereocenters. The van der Waals surface area contributed by atoms with Crippen molar-refractivity contribution in [3.05, 3.63) is 0 Å². The van der Waals surface area contributed by atoms with Gasteiger partial charge in [-0.3, -0.25) is 4.18 Å². The van der Waals surface area contributed by atoms with Crippen LogP contribution < -0.4 is 0 Å². The molecule has 0 N–H and O–H groups in total. The zero-order valence-electron chi connectivity index (χ0n) is 7.89. The van der Waals surface area contributed by atoms with Crippen LogP contribution in [0.15, 0.2) is 0 Å². The van der Waals surface area contributed by atoms with Crippen LogP contribution in [0.1, 0.15) is 33.1 Å². The molecule has 4 nitrogen and oxygen atoms in total. The van der Waals surface area contributed by atoms with Gasteiger partial charge in [0.2, 0.25) is 10.4 Å². The van der Waals surface area contributed by atoms with Gasteiger partial charge in [0.1, 0.15) is 0 Å². The van der Waals surface area contributed by atoms with Crippen LogP contribution in [0.2, 0.25) is 0 Å². The first-order valence-electron chi connectivity index (χ1n) is 4.51. The average Bonchev–Trinajstić information content (AvgIpc) is 1.78. The lowest BCUT2D eigenvalue weighted by atomic mass is 9.82. The minimum atomic E-state index is -4.52. The maximum atomic E-state index is 10.3. The zero-order chi connectivity index (χ0) is 10.1. The summed E-state index contributed by atoms with van der Waals surface area (Å²) < 4.78 is 35.4. The Hall–Kier alpha value is -0.130. The molecule has 0 aliphatic heterocycles. The van der Waals surface area contributed by atoms with Crippen LogP contribution in [0.5, 0.6) is 0 Å². The van der Waals surface area contributed by atoms with E-state index in [1.165, 1.54) is 0 Å². The third-order valence-corrected chi connectivity index (χ3v) is 2.90. The largest absolute Gasteiger partial charge is 0.726 e. The third-order valence-electron chi connectivity index (χ3n) is 2.39. The molecule has 0 aromatic rings. The van der Waals surface area contributed by atoms with Crippen LogP contribution in [0.3, 0.4) is 0 Å². The van der Waals surface area contributed by atoms with Gasteiger partial charge in [-0.05, 0) is 31.1 Å². The second-order valence-corrected chi connectivity index (χ2v) is 5.05. The second-order valence-electron chi connectivity index (χ2n) is 4.04. The highest BCUT2D eigenvalue weighted by Crippen LogP contribution is 2.30. The molecule has 1 aliphatic rings. The molecular formula is C8H15O4S-. The van der Waals surface area contributed by atoms with E-state index in [-0.39, 0.29) is 0 Å². The van der Waals surface area contributed by atoms with Crippen LogP contribution in [-0.4, -0.2) is 19.1 Å². The second kappa shape index (κ2) is 3.94. The summed E-state index contributed by atoms with van der Waals surface area (Å²) in [5.41, 5.74) is 0. The molecular weight excluding hydrogens is 192 g/mol. The monoisotopic (exact) mass is 207 g/mol. The van der Waals surface area contributed by atoms with Crippen molar-refractivity contribution < 1.29 is 17.2 Å². The molecule has 0 spiro atoms. The van der Waals surface area contributed by atoms with E-state index < -0.39 is 16.5 Å². The van der Waals surface area contributed by atoms with Crippen molar-refractivity contribution in [3.8, 4) is 0 Å². The van der Waals surface area contributed by atoms with E-state index >= 15 is 0 Å². The minimum absolute atomic E-state index is 0.402. The summed E-state index contributed by atoms with van der Waals surface area (Å²) in [6, 6.07) is 0.